The van der Waals surface area contributed by atoms with Gasteiger partial charge in [-0.15, -0.1) is 6.58 Å². The van der Waals surface area contributed by atoms with Crippen molar-refractivity contribution in [1.82, 2.24) is 14.9 Å². The van der Waals surface area contributed by atoms with Gasteiger partial charge in [0.05, 0.1) is 22.3 Å². The molecule has 6 heteroatoms. The van der Waals surface area contributed by atoms with Crippen LogP contribution in [0.15, 0.2) is 66.3 Å². The van der Waals surface area contributed by atoms with Crippen LogP contribution in [0.3, 0.4) is 0 Å². The van der Waals surface area contributed by atoms with Crippen molar-refractivity contribution in [2.24, 2.45) is 0 Å². The summed E-state index contributed by atoms with van der Waals surface area (Å²) < 4.78 is 15.1. The van der Waals surface area contributed by atoms with Crippen molar-refractivity contribution in [3.8, 4) is 0 Å². The number of aromatic nitrogens is 2. The molecule has 0 saturated heterocycles. The lowest BCUT2D eigenvalue weighted by Crippen LogP contribution is -2.33. The number of fused-ring (bicyclic) bond motifs is 1. The van der Waals surface area contributed by atoms with Gasteiger partial charge in [0.2, 0.25) is 5.91 Å². The predicted octanol–water partition coefficient (Wildman–Crippen LogP) is 4.72. The maximum atomic E-state index is 13.1. The SMILES string of the molecule is C=CCn1c(SC(C)C(=O)NC(C)c2ccc(F)cc2)nc2ccccc21. The van der Waals surface area contributed by atoms with E-state index in [-0.39, 0.29) is 23.0 Å². The first-order valence-electron chi connectivity index (χ1n) is 8.78. The molecule has 0 aliphatic carbocycles. The van der Waals surface area contributed by atoms with Crippen LogP contribution in [-0.2, 0) is 11.3 Å². The molecule has 2 unspecified atom stereocenters. The Balaban J connectivity index is 1.72. The van der Waals surface area contributed by atoms with Crippen molar-refractivity contribution >= 4 is 28.7 Å². The second-order valence-electron chi connectivity index (χ2n) is 6.32. The lowest BCUT2D eigenvalue weighted by Gasteiger charge is -2.18. The molecule has 1 aromatic heterocycles. The standard InChI is InChI=1S/C21H22FN3OS/c1-4-13-25-19-8-6-5-7-18(19)24-21(25)27-15(3)20(26)23-14(2)16-9-11-17(22)12-10-16/h4-12,14-15H,1,13H2,2-3H3,(H,23,26). The van der Waals surface area contributed by atoms with E-state index in [1.54, 1.807) is 12.1 Å². The molecule has 0 aliphatic heterocycles. The van der Waals surface area contributed by atoms with Crippen molar-refractivity contribution in [1.29, 1.82) is 0 Å². The Bertz CT molecular complexity index is 952. The Kier molecular flexibility index (Phi) is 5.96. The number of carbonyl (C=O) groups excluding carboxylic acids is 1. The summed E-state index contributed by atoms with van der Waals surface area (Å²) in [4.78, 5) is 17.3. The van der Waals surface area contributed by atoms with E-state index in [9.17, 15) is 9.18 Å². The first kappa shape index (κ1) is 19.2. The summed E-state index contributed by atoms with van der Waals surface area (Å²) in [5.41, 5.74) is 2.78. The summed E-state index contributed by atoms with van der Waals surface area (Å²) in [6.07, 6.45) is 1.82. The molecule has 0 saturated carbocycles. The number of benzene rings is 2. The molecule has 0 spiro atoms. The molecule has 3 rings (SSSR count). The lowest BCUT2D eigenvalue weighted by atomic mass is 10.1. The number of nitrogens with one attached hydrogen (secondary N) is 1. The third-order valence-corrected chi connectivity index (χ3v) is 5.40. The van der Waals surface area contributed by atoms with E-state index in [2.05, 4.69) is 21.4 Å². The molecule has 1 amide bonds. The molecule has 0 radical (unpaired) electrons. The number of thioether (sulfide) groups is 1. The van der Waals surface area contributed by atoms with Gasteiger partial charge in [0.15, 0.2) is 5.16 Å². The van der Waals surface area contributed by atoms with Crippen molar-refractivity contribution in [3.05, 3.63) is 72.6 Å². The molecule has 1 N–H and O–H groups in total. The zero-order valence-electron chi connectivity index (χ0n) is 15.4. The quantitative estimate of drug-likeness (QED) is 0.474. The van der Waals surface area contributed by atoms with E-state index in [1.807, 2.05) is 44.2 Å². The summed E-state index contributed by atoms with van der Waals surface area (Å²) in [6.45, 7) is 8.18. The van der Waals surface area contributed by atoms with Gasteiger partial charge in [0.1, 0.15) is 5.82 Å². The number of imidazole rings is 1. The van der Waals surface area contributed by atoms with Crippen LogP contribution in [0.25, 0.3) is 11.0 Å². The first-order valence-corrected chi connectivity index (χ1v) is 9.66. The lowest BCUT2D eigenvalue weighted by molar-refractivity contribution is -0.120. The minimum absolute atomic E-state index is 0.0889. The molecular weight excluding hydrogens is 361 g/mol. The van der Waals surface area contributed by atoms with Crippen LogP contribution in [0.2, 0.25) is 0 Å². The largest absolute Gasteiger partial charge is 0.349 e. The summed E-state index contributed by atoms with van der Waals surface area (Å²) in [6, 6.07) is 13.8. The van der Waals surface area contributed by atoms with E-state index in [0.29, 0.717) is 6.54 Å². The van der Waals surface area contributed by atoms with Crippen LogP contribution >= 0.6 is 11.8 Å². The Morgan fingerprint density at radius 2 is 1.96 bits per heavy atom. The van der Waals surface area contributed by atoms with E-state index >= 15 is 0 Å². The van der Waals surface area contributed by atoms with Crippen LogP contribution in [0.1, 0.15) is 25.5 Å². The molecule has 2 aromatic carbocycles. The van der Waals surface area contributed by atoms with Crippen molar-refractivity contribution < 1.29 is 9.18 Å². The number of halogens is 1. The Morgan fingerprint density at radius 1 is 1.26 bits per heavy atom. The average Bonchev–Trinajstić information content (AvgIpc) is 3.00. The van der Waals surface area contributed by atoms with Crippen LogP contribution in [0.5, 0.6) is 0 Å². The molecule has 4 nitrogen and oxygen atoms in total. The number of rotatable bonds is 7. The highest BCUT2D eigenvalue weighted by Gasteiger charge is 2.20. The van der Waals surface area contributed by atoms with E-state index in [4.69, 9.17) is 0 Å². The van der Waals surface area contributed by atoms with Gasteiger partial charge >= 0.3 is 0 Å². The minimum Gasteiger partial charge on any atom is -0.349 e. The van der Waals surface area contributed by atoms with Crippen molar-refractivity contribution in [2.75, 3.05) is 0 Å². The second-order valence-corrected chi connectivity index (χ2v) is 7.63. The summed E-state index contributed by atoms with van der Waals surface area (Å²) in [5.74, 6) is -0.378. The molecular formula is C21H22FN3OS. The topological polar surface area (TPSA) is 46.9 Å². The number of hydrogen-bond acceptors (Lipinski definition) is 3. The fourth-order valence-electron chi connectivity index (χ4n) is 2.83. The first-order chi connectivity index (χ1) is 13.0. The van der Waals surface area contributed by atoms with Crippen LogP contribution in [-0.4, -0.2) is 20.7 Å². The van der Waals surface area contributed by atoms with Gasteiger partial charge in [-0.05, 0) is 43.7 Å². The van der Waals surface area contributed by atoms with E-state index in [1.165, 1.54) is 23.9 Å². The van der Waals surface area contributed by atoms with Crippen LogP contribution in [0, 0.1) is 5.82 Å². The highest BCUT2D eigenvalue weighted by molar-refractivity contribution is 8.00. The number of carbonyl (C=O) groups is 1. The molecule has 0 fully saturated rings. The molecule has 0 aliphatic rings. The van der Waals surface area contributed by atoms with Gasteiger partial charge < -0.3 is 9.88 Å². The monoisotopic (exact) mass is 383 g/mol. The van der Waals surface area contributed by atoms with E-state index < -0.39 is 0 Å². The zero-order valence-corrected chi connectivity index (χ0v) is 16.2. The molecule has 0 bridgehead atoms. The van der Waals surface area contributed by atoms with Gasteiger partial charge in [0.25, 0.3) is 0 Å². The van der Waals surface area contributed by atoms with Crippen molar-refractivity contribution in [2.45, 2.75) is 36.8 Å². The van der Waals surface area contributed by atoms with Crippen molar-refractivity contribution in [3.63, 3.8) is 0 Å². The average molecular weight is 383 g/mol. The zero-order chi connectivity index (χ0) is 19.4. The fraction of sp³-hybridized carbons (Fsp3) is 0.238. The van der Waals surface area contributed by atoms with Gasteiger partial charge in [-0.3, -0.25) is 4.79 Å². The highest BCUT2D eigenvalue weighted by Crippen LogP contribution is 2.28. The number of para-hydroxylation sites is 2. The molecule has 3 aromatic rings. The third-order valence-electron chi connectivity index (χ3n) is 4.31. The van der Waals surface area contributed by atoms with Crippen LogP contribution in [0.4, 0.5) is 4.39 Å². The molecule has 1 heterocycles. The smallest absolute Gasteiger partial charge is 0.233 e. The molecule has 2 atom stereocenters. The van der Waals surface area contributed by atoms with Crippen LogP contribution < -0.4 is 5.32 Å². The maximum Gasteiger partial charge on any atom is 0.233 e. The maximum absolute atomic E-state index is 13.1. The predicted molar refractivity (Wildman–Crippen MR) is 108 cm³/mol. The van der Waals surface area contributed by atoms with Gasteiger partial charge in [-0.1, -0.05) is 42.1 Å². The summed E-state index contributed by atoms with van der Waals surface area (Å²) >= 11 is 1.42. The Hall–Kier alpha value is -2.60. The number of amides is 1. The molecule has 140 valence electrons. The number of allylic oxidation sites excluding steroid dienone is 1. The summed E-state index contributed by atoms with van der Waals surface area (Å²) in [7, 11) is 0. The Labute approximate surface area is 162 Å². The van der Waals surface area contributed by atoms with Gasteiger partial charge in [-0.2, -0.15) is 0 Å². The molecule has 27 heavy (non-hydrogen) atoms. The van der Waals surface area contributed by atoms with Gasteiger partial charge in [0, 0.05) is 6.54 Å². The minimum atomic E-state index is -0.326. The summed E-state index contributed by atoms with van der Waals surface area (Å²) in [5, 5.41) is 3.44. The fourth-order valence-corrected chi connectivity index (χ4v) is 3.77. The number of hydrogen-bond donors (Lipinski definition) is 1. The van der Waals surface area contributed by atoms with E-state index in [0.717, 1.165) is 21.8 Å². The van der Waals surface area contributed by atoms with Gasteiger partial charge in [-0.25, -0.2) is 9.37 Å². The Morgan fingerprint density at radius 3 is 2.67 bits per heavy atom. The highest BCUT2D eigenvalue weighted by atomic mass is 32.2. The normalized spacial score (nSPS) is 13.3. The third kappa shape index (κ3) is 4.39. The second kappa shape index (κ2) is 8.39. The number of nitrogens with zero attached hydrogens (tertiary/aromatic N) is 2.